The van der Waals surface area contributed by atoms with E-state index in [1.54, 1.807) is 0 Å². The van der Waals surface area contributed by atoms with Crippen LogP contribution in [0.15, 0.2) is 12.1 Å². The fraction of sp³-hybridized carbons (Fsp3) is 0.429. The Morgan fingerprint density at radius 3 is 2.61 bits per heavy atom. The van der Waals surface area contributed by atoms with E-state index in [1.807, 2.05) is 26.0 Å². The molecule has 96 valence electrons. The molecule has 0 spiro atoms. The second kappa shape index (κ2) is 4.90. The van der Waals surface area contributed by atoms with Crippen LogP contribution in [0.3, 0.4) is 0 Å². The van der Waals surface area contributed by atoms with E-state index in [4.69, 9.17) is 5.11 Å². The zero-order valence-corrected chi connectivity index (χ0v) is 10.6. The maximum Gasteiger partial charge on any atom is 0.307 e. The lowest BCUT2D eigenvalue weighted by molar-refractivity contribution is -0.141. The molecule has 0 bridgehead atoms. The van der Waals surface area contributed by atoms with Crippen molar-refractivity contribution in [2.45, 2.75) is 26.3 Å². The zero-order chi connectivity index (χ0) is 13.3. The minimum atomic E-state index is -0.776. The number of hydrogen-bond acceptors (Lipinski definition) is 3. The monoisotopic (exact) mass is 247 g/mol. The van der Waals surface area contributed by atoms with Gasteiger partial charge >= 0.3 is 5.97 Å². The van der Waals surface area contributed by atoms with Gasteiger partial charge in [0.2, 0.25) is 0 Å². The number of carbonyl (C=O) groups excluding carboxylic acids is 1. The first-order chi connectivity index (χ1) is 8.52. The summed E-state index contributed by atoms with van der Waals surface area (Å²) in [6.45, 7) is 4.43. The molecule has 2 atom stereocenters. The lowest BCUT2D eigenvalue weighted by Crippen LogP contribution is -2.18. The Morgan fingerprint density at radius 1 is 1.39 bits per heavy atom. The van der Waals surface area contributed by atoms with E-state index in [0.717, 1.165) is 23.0 Å². The summed E-state index contributed by atoms with van der Waals surface area (Å²) in [7, 11) is 0. The van der Waals surface area contributed by atoms with Gasteiger partial charge in [0.1, 0.15) is 6.29 Å². The predicted molar refractivity (Wildman–Crippen MR) is 67.8 cm³/mol. The molecule has 1 aromatic rings. The number of aldehydes is 1. The lowest BCUT2D eigenvalue weighted by atomic mass is 9.93. The summed E-state index contributed by atoms with van der Waals surface area (Å²) < 4.78 is 0. The summed E-state index contributed by atoms with van der Waals surface area (Å²) in [5, 5.41) is 12.2. The third kappa shape index (κ3) is 2.29. The van der Waals surface area contributed by atoms with Crippen molar-refractivity contribution in [1.29, 1.82) is 0 Å². The van der Waals surface area contributed by atoms with Gasteiger partial charge in [-0.25, -0.2) is 0 Å². The molecule has 0 aromatic heterocycles. The van der Waals surface area contributed by atoms with Crippen molar-refractivity contribution in [2.75, 3.05) is 6.54 Å². The summed E-state index contributed by atoms with van der Waals surface area (Å²) in [4.78, 5) is 22.1. The highest BCUT2D eigenvalue weighted by atomic mass is 16.4. The average molecular weight is 247 g/mol. The van der Waals surface area contributed by atoms with Crippen LogP contribution in [0.5, 0.6) is 0 Å². The quantitative estimate of drug-likeness (QED) is 0.800. The molecule has 0 amide bonds. The van der Waals surface area contributed by atoms with Gasteiger partial charge in [0, 0.05) is 18.2 Å². The lowest BCUT2D eigenvalue weighted by Gasteiger charge is -2.15. The van der Waals surface area contributed by atoms with Crippen molar-refractivity contribution < 1.29 is 14.7 Å². The molecule has 1 fully saturated rings. The first-order valence-electron chi connectivity index (χ1n) is 6.05. The first-order valence-corrected chi connectivity index (χ1v) is 6.05. The second-order valence-electron chi connectivity index (χ2n) is 4.91. The molecule has 18 heavy (non-hydrogen) atoms. The third-order valence-electron chi connectivity index (χ3n) is 3.68. The highest BCUT2D eigenvalue weighted by Gasteiger charge is 2.31. The van der Waals surface area contributed by atoms with Crippen LogP contribution in [-0.4, -0.2) is 23.9 Å². The van der Waals surface area contributed by atoms with Crippen molar-refractivity contribution in [1.82, 2.24) is 5.32 Å². The maximum absolute atomic E-state index is 11.1. The standard InChI is InChI=1S/C14H17NO3/c1-8-3-11(7-16)12(4-9(8)2)13-5-10(6-15-13)14(17)18/h3-4,7,10,13,15H,5-6H2,1-2H3,(H,17,18). The largest absolute Gasteiger partial charge is 0.481 e. The van der Waals surface area contributed by atoms with Crippen LogP contribution in [0.4, 0.5) is 0 Å². The van der Waals surface area contributed by atoms with Gasteiger partial charge in [0.15, 0.2) is 0 Å². The fourth-order valence-corrected chi connectivity index (χ4v) is 2.43. The minimum Gasteiger partial charge on any atom is -0.481 e. The van der Waals surface area contributed by atoms with Crippen LogP contribution < -0.4 is 5.32 Å². The van der Waals surface area contributed by atoms with E-state index in [9.17, 15) is 9.59 Å². The maximum atomic E-state index is 11.1. The summed E-state index contributed by atoms with van der Waals surface area (Å²) in [6.07, 6.45) is 1.39. The average Bonchev–Trinajstić information content (AvgIpc) is 2.81. The van der Waals surface area contributed by atoms with Gasteiger partial charge in [-0.15, -0.1) is 0 Å². The van der Waals surface area contributed by atoms with Gasteiger partial charge in [-0.3, -0.25) is 9.59 Å². The molecule has 1 heterocycles. The van der Waals surface area contributed by atoms with Gasteiger partial charge in [0.05, 0.1) is 5.92 Å². The van der Waals surface area contributed by atoms with E-state index in [0.29, 0.717) is 18.5 Å². The number of carboxylic acid groups (broad SMARTS) is 1. The number of hydrogen-bond donors (Lipinski definition) is 2. The molecule has 1 saturated heterocycles. The van der Waals surface area contributed by atoms with E-state index < -0.39 is 5.97 Å². The van der Waals surface area contributed by atoms with E-state index in [1.165, 1.54) is 0 Å². The summed E-state index contributed by atoms with van der Waals surface area (Å²) >= 11 is 0. The van der Waals surface area contributed by atoms with Crippen LogP contribution in [0, 0.1) is 19.8 Å². The van der Waals surface area contributed by atoms with Gasteiger partial charge < -0.3 is 10.4 Å². The topological polar surface area (TPSA) is 66.4 Å². The highest BCUT2D eigenvalue weighted by molar-refractivity contribution is 5.78. The van der Waals surface area contributed by atoms with E-state index in [-0.39, 0.29) is 12.0 Å². The second-order valence-corrected chi connectivity index (χ2v) is 4.91. The van der Waals surface area contributed by atoms with Gasteiger partial charge in [-0.1, -0.05) is 6.07 Å². The smallest absolute Gasteiger partial charge is 0.307 e. The highest BCUT2D eigenvalue weighted by Crippen LogP contribution is 2.30. The molecular weight excluding hydrogens is 230 g/mol. The van der Waals surface area contributed by atoms with Crippen molar-refractivity contribution in [3.05, 3.63) is 34.4 Å². The summed E-state index contributed by atoms with van der Waals surface area (Å²) in [5.74, 6) is -1.14. The van der Waals surface area contributed by atoms with E-state index in [2.05, 4.69) is 5.32 Å². The van der Waals surface area contributed by atoms with Crippen molar-refractivity contribution in [2.24, 2.45) is 5.92 Å². The zero-order valence-electron chi connectivity index (χ0n) is 10.6. The Bertz CT molecular complexity index is 496. The molecular formula is C14H17NO3. The van der Waals surface area contributed by atoms with Crippen molar-refractivity contribution >= 4 is 12.3 Å². The van der Waals surface area contributed by atoms with Gasteiger partial charge in [-0.05, 0) is 43.0 Å². The van der Waals surface area contributed by atoms with Crippen LogP contribution in [0.25, 0.3) is 0 Å². The van der Waals surface area contributed by atoms with Gasteiger partial charge in [0.25, 0.3) is 0 Å². The van der Waals surface area contributed by atoms with Crippen LogP contribution >= 0.6 is 0 Å². The van der Waals surface area contributed by atoms with Crippen molar-refractivity contribution in [3.63, 3.8) is 0 Å². The Labute approximate surface area is 106 Å². The third-order valence-corrected chi connectivity index (χ3v) is 3.68. The Balaban J connectivity index is 2.31. The molecule has 0 radical (unpaired) electrons. The molecule has 4 nitrogen and oxygen atoms in total. The van der Waals surface area contributed by atoms with Crippen LogP contribution in [-0.2, 0) is 4.79 Å². The number of carboxylic acids is 1. The Kier molecular flexibility index (Phi) is 3.48. The predicted octanol–water partition coefficient (Wildman–Crippen LogP) is 1.85. The SMILES string of the molecule is Cc1cc(C=O)c(C2CC(C(=O)O)CN2)cc1C. The Morgan fingerprint density at radius 2 is 2.06 bits per heavy atom. The molecule has 2 unspecified atom stereocenters. The van der Waals surface area contributed by atoms with Crippen molar-refractivity contribution in [3.8, 4) is 0 Å². The normalized spacial score (nSPS) is 23.0. The summed E-state index contributed by atoms with van der Waals surface area (Å²) in [5.41, 5.74) is 3.77. The number of benzene rings is 1. The number of nitrogens with one attached hydrogen (secondary N) is 1. The van der Waals surface area contributed by atoms with E-state index >= 15 is 0 Å². The summed E-state index contributed by atoms with van der Waals surface area (Å²) in [6, 6.07) is 3.82. The fourth-order valence-electron chi connectivity index (χ4n) is 2.43. The first kappa shape index (κ1) is 12.8. The van der Waals surface area contributed by atoms with Gasteiger partial charge in [-0.2, -0.15) is 0 Å². The van der Waals surface area contributed by atoms with Crippen LogP contribution in [0.2, 0.25) is 0 Å². The molecule has 2 rings (SSSR count). The molecule has 2 N–H and O–H groups in total. The molecule has 1 aliphatic rings. The number of aryl methyl sites for hydroxylation is 2. The number of carbonyl (C=O) groups is 2. The van der Waals surface area contributed by atoms with Crippen LogP contribution in [0.1, 0.15) is 39.5 Å². The Hall–Kier alpha value is -1.68. The number of aliphatic carboxylic acids is 1. The number of rotatable bonds is 3. The molecule has 0 aliphatic carbocycles. The molecule has 0 saturated carbocycles. The minimum absolute atomic E-state index is 0.0365. The molecule has 1 aliphatic heterocycles. The molecule has 4 heteroatoms. The molecule has 1 aromatic carbocycles.